The van der Waals surface area contributed by atoms with Crippen LogP contribution in [0.1, 0.15) is 46.0 Å². The summed E-state index contributed by atoms with van der Waals surface area (Å²) in [4.78, 5) is 39.1. The zero-order chi connectivity index (χ0) is 21.8. The molecule has 1 N–H and O–H groups in total. The average Bonchev–Trinajstić information content (AvgIpc) is 3.55. The number of amides is 2. The van der Waals surface area contributed by atoms with Gasteiger partial charge in [-0.2, -0.15) is 0 Å². The van der Waals surface area contributed by atoms with Gasteiger partial charge in [-0.1, -0.05) is 12.1 Å². The molecule has 0 heterocycles. The Labute approximate surface area is 175 Å². The summed E-state index contributed by atoms with van der Waals surface area (Å²) in [6.45, 7) is 2.66. The number of nitrogens with one attached hydrogen (secondary N) is 1. The number of benzene rings is 2. The monoisotopic (exact) mass is 410 g/mol. The van der Waals surface area contributed by atoms with Crippen molar-refractivity contribution in [1.29, 1.82) is 0 Å². The molecule has 1 aliphatic rings. The van der Waals surface area contributed by atoms with Gasteiger partial charge < -0.3 is 15.1 Å². The van der Waals surface area contributed by atoms with Crippen LogP contribution in [0, 0.1) is 10.1 Å². The quantitative estimate of drug-likeness (QED) is 0.530. The topological polar surface area (TPSA) is 95.8 Å². The zero-order valence-corrected chi connectivity index (χ0v) is 17.4. The van der Waals surface area contributed by atoms with Gasteiger partial charge in [0.2, 0.25) is 0 Å². The first-order valence-electron chi connectivity index (χ1n) is 9.95. The second-order valence-corrected chi connectivity index (χ2v) is 7.62. The molecule has 0 atom stereocenters. The van der Waals surface area contributed by atoms with Crippen LogP contribution in [0.15, 0.2) is 42.5 Å². The number of carbonyl (C=O) groups is 2. The molecule has 30 heavy (non-hydrogen) atoms. The van der Waals surface area contributed by atoms with Crippen molar-refractivity contribution in [3.63, 3.8) is 0 Å². The lowest BCUT2D eigenvalue weighted by atomic mass is 10.1. The predicted molar refractivity (Wildman–Crippen MR) is 115 cm³/mol. The average molecular weight is 410 g/mol. The van der Waals surface area contributed by atoms with Gasteiger partial charge in [-0.3, -0.25) is 19.7 Å². The summed E-state index contributed by atoms with van der Waals surface area (Å²) in [6.07, 6.45) is 2.00. The Hall–Kier alpha value is -3.42. The Bertz CT molecular complexity index is 952. The van der Waals surface area contributed by atoms with Crippen molar-refractivity contribution < 1.29 is 14.5 Å². The first-order chi connectivity index (χ1) is 14.3. The lowest BCUT2D eigenvalue weighted by Crippen LogP contribution is -2.30. The molecule has 0 spiro atoms. The largest absolute Gasteiger partial charge is 0.377 e. The summed E-state index contributed by atoms with van der Waals surface area (Å²) in [7, 11) is 3.39. The Morgan fingerprint density at radius 1 is 1.07 bits per heavy atom. The fourth-order valence-corrected chi connectivity index (χ4v) is 3.13. The Morgan fingerprint density at radius 2 is 1.70 bits per heavy atom. The molecule has 1 aliphatic carbocycles. The zero-order valence-electron chi connectivity index (χ0n) is 17.4. The maximum absolute atomic E-state index is 13.0. The van der Waals surface area contributed by atoms with E-state index in [0.29, 0.717) is 24.3 Å². The number of carbonyl (C=O) groups excluding carboxylic acids is 2. The van der Waals surface area contributed by atoms with Gasteiger partial charge in [0, 0.05) is 50.4 Å². The summed E-state index contributed by atoms with van der Waals surface area (Å²) in [5.41, 5.74) is 2.09. The minimum atomic E-state index is -0.460. The molecule has 0 radical (unpaired) electrons. The van der Waals surface area contributed by atoms with Crippen molar-refractivity contribution in [3.05, 3.63) is 69.3 Å². The molecular formula is C22H26N4O4. The number of hydrogen-bond donors (Lipinski definition) is 1. The van der Waals surface area contributed by atoms with Crippen molar-refractivity contribution in [2.75, 3.05) is 26.0 Å². The lowest BCUT2D eigenvalue weighted by molar-refractivity contribution is -0.384. The van der Waals surface area contributed by atoms with E-state index < -0.39 is 4.92 Å². The summed E-state index contributed by atoms with van der Waals surface area (Å²) in [5, 5.41) is 14.6. The van der Waals surface area contributed by atoms with E-state index in [1.165, 1.54) is 11.0 Å². The van der Waals surface area contributed by atoms with Gasteiger partial charge in [0.1, 0.15) is 5.69 Å². The third-order valence-corrected chi connectivity index (χ3v) is 5.03. The van der Waals surface area contributed by atoms with Gasteiger partial charge in [-0.25, -0.2) is 0 Å². The molecule has 8 heteroatoms. The van der Waals surface area contributed by atoms with Crippen LogP contribution < -0.4 is 5.32 Å². The second kappa shape index (κ2) is 8.94. The molecule has 0 unspecified atom stereocenters. The fraction of sp³-hybridized carbons (Fsp3) is 0.364. The van der Waals surface area contributed by atoms with E-state index >= 15 is 0 Å². The van der Waals surface area contributed by atoms with E-state index in [2.05, 4.69) is 5.32 Å². The first-order valence-corrected chi connectivity index (χ1v) is 9.95. The Morgan fingerprint density at radius 3 is 2.23 bits per heavy atom. The highest BCUT2D eigenvalue weighted by atomic mass is 16.6. The van der Waals surface area contributed by atoms with E-state index in [-0.39, 0.29) is 29.1 Å². The highest BCUT2D eigenvalue weighted by Crippen LogP contribution is 2.32. The van der Waals surface area contributed by atoms with Crippen LogP contribution in [0.25, 0.3) is 0 Å². The normalized spacial score (nSPS) is 12.9. The van der Waals surface area contributed by atoms with Gasteiger partial charge in [0.25, 0.3) is 17.5 Å². The predicted octanol–water partition coefficient (Wildman–Crippen LogP) is 3.53. The maximum atomic E-state index is 13.0. The van der Waals surface area contributed by atoms with Gasteiger partial charge >= 0.3 is 0 Å². The summed E-state index contributed by atoms with van der Waals surface area (Å²) < 4.78 is 0. The van der Waals surface area contributed by atoms with Crippen molar-refractivity contribution >= 4 is 23.2 Å². The molecule has 0 aromatic heterocycles. The number of hydrogen-bond acceptors (Lipinski definition) is 5. The van der Waals surface area contributed by atoms with Crippen molar-refractivity contribution in [2.45, 2.75) is 32.4 Å². The Balaban J connectivity index is 1.76. The highest BCUT2D eigenvalue weighted by Gasteiger charge is 2.26. The third-order valence-electron chi connectivity index (χ3n) is 5.03. The molecule has 8 nitrogen and oxygen atoms in total. The van der Waals surface area contributed by atoms with Gasteiger partial charge in [-0.05, 0) is 49.6 Å². The minimum absolute atomic E-state index is 0.0859. The van der Waals surface area contributed by atoms with Crippen LogP contribution in [0.4, 0.5) is 11.4 Å². The van der Waals surface area contributed by atoms with E-state index in [1.54, 1.807) is 43.3 Å². The van der Waals surface area contributed by atoms with Gasteiger partial charge in [0.05, 0.1) is 4.92 Å². The number of nitro benzene ring substituents is 1. The SMILES string of the molecule is CCN(Cc1ccc(C(=O)N(C)C)cc1)C(=O)c1ccc(NC2CC2)c([N+](=O)[O-])c1. The number of nitrogens with zero attached hydrogens (tertiary/aromatic N) is 3. The maximum Gasteiger partial charge on any atom is 0.293 e. The molecule has 2 aromatic carbocycles. The van der Waals surface area contributed by atoms with E-state index in [1.807, 2.05) is 19.1 Å². The van der Waals surface area contributed by atoms with E-state index in [4.69, 9.17) is 0 Å². The van der Waals surface area contributed by atoms with E-state index in [0.717, 1.165) is 18.4 Å². The summed E-state index contributed by atoms with van der Waals surface area (Å²) >= 11 is 0. The van der Waals surface area contributed by atoms with Crippen molar-refractivity contribution in [3.8, 4) is 0 Å². The smallest absolute Gasteiger partial charge is 0.293 e. The van der Waals surface area contributed by atoms with Crippen LogP contribution in [0.2, 0.25) is 0 Å². The van der Waals surface area contributed by atoms with Crippen LogP contribution >= 0.6 is 0 Å². The molecule has 1 saturated carbocycles. The molecule has 2 amide bonds. The van der Waals surface area contributed by atoms with Crippen molar-refractivity contribution in [1.82, 2.24) is 9.80 Å². The lowest BCUT2D eigenvalue weighted by Gasteiger charge is -2.21. The molecule has 0 bridgehead atoms. The molecule has 1 fully saturated rings. The Kier molecular flexibility index (Phi) is 6.34. The third kappa shape index (κ3) is 4.94. The van der Waals surface area contributed by atoms with Gasteiger partial charge in [-0.15, -0.1) is 0 Å². The van der Waals surface area contributed by atoms with Crippen LogP contribution in [-0.2, 0) is 6.54 Å². The second-order valence-electron chi connectivity index (χ2n) is 7.62. The standard InChI is InChI=1S/C22H26N4O4/c1-4-25(14-15-5-7-16(8-6-15)21(27)24(2)3)22(28)17-9-12-19(23-18-10-11-18)20(13-17)26(29)30/h5-9,12-13,18,23H,4,10-11,14H2,1-3H3. The summed E-state index contributed by atoms with van der Waals surface area (Å²) in [6, 6.07) is 12.0. The fourth-order valence-electron chi connectivity index (χ4n) is 3.13. The van der Waals surface area contributed by atoms with E-state index in [9.17, 15) is 19.7 Å². The molecule has 158 valence electrons. The molecule has 0 saturated heterocycles. The minimum Gasteiger partial charge on any atom is -0.377 e. The number of nitro groups is 1. The van der Waals surface area contributed by atoms with Crippen LogP contribution in [-0.4, -0.2) is 53.2 Å². The van der Waals surface area contributed by atoms with Crippen LogP contribution in [0.5, 0.6) is 0 Å². The highest BCUT2D eigenvalue weighted by molar-refractivity contribution is 5.96. The molecule has 2 aromatic rings. The molecule has 0 aliphatic heterocycles. The molecule has 3 rings (SSSR count). The number of rotatable bonds is 8. The molecular weight excluding hydrogens is 384 g/mol. The van der Waals surface area contributed by atoms with Crippen LogP contribution in [0.3, 0.4) is 0 Å². The van der Waals surface area contributed by atoms with Gasteiger partial charge in [0.15, 0.2) is 0 Å². The number of anilines is 1. The van der Waals surface area contributed by atoms with Crippen molar-refractivity contribution in [2.24, 2.45) is 0 Å². The first kappa shape index (κ1) is 21.3. The summed E-state index contributed by atoms with van der Waals surface area (Å²) in [5.74, 6) is -0.357.